The predicted octanol–water partition coefficient (Wildman–Crippen LogP) is 5.32. The lowest BCUT2D eigenvalue weighted by Gasteiger charge is -2.23. The standard InChI is InChI=1S/C28H25FN4O3S/c1-17-7-9-19(10-8-17)23-15-22(18-11-13-20(29)14-12-18)32-33(23)28-31-27(35)25(37-28)16-26(34)30-21-5-3-4-6-24(21)36-2/h3-14,23,25H,15-16H2,1-2H3,(H,30,34)/t23-,25+/m0/s1. The molecule has 2 heterocycles. The van der Waals surface area contributed by atoms with E-state index in [0.29, 0.717) is 23.0 Å². The van der Waals surface area contributed by atoms with E-state index in [0.717, 1.165) is 22.4 Å². The molecule has 3 aromatic rings. The maximum Gasteiger partial charge on any atom is 0.262 e. The molecule has 7 nitrogen and oxygen atoms in total. The second-order valence-corrected chi connectivity index (χ2v) is 9.99. The minimum atomic E-state index is -0.659. The van der Waals surface area contributed by atoms with Gasteiger partial charge in [-0.05, 0) is 42.3 Å². The molecule has 0 radical (unpaired) electrons. The number of methoxy groups -OCH3 is 1. The Balaban J connectivity index is 1.35. The number of aryl methyl sites for hydroxylation is 1. The third kappa shape index (κ3) is 5.41. The number of ether oxygens (including phenoxy) is 1. The fraction of sp³-hybridized carbons (Fsp3) is 0.214. The number of anilines is 1. The lowest BCUT2D eigenvalue weighted by atomic mass is 9.98. The largest absolute Gasteiger partial charge is 0.495 e. The maximum absolute atomic E-state index is 13.5. The van der Waals surface area contributed by atoms with Crippen molar-refractivity contribution in [2.24, 2.45) is 10.1 Å². The Morgan fingerprint density at radius 1 is 1.11 bits per heavy atom. The highest BCUT2D eigenvalue weighted by molar-refractivity contribution is 8.15. The Morgan fingerprint density at radius 3 is 2.57 bits per heavy atom. The van der Waals surface area contributed by atoms with E-state index in [9.17, 15) is 14.0 Å². The van der Waals surface area contributed by atoms with E-state index in [1.165, 1.54) is 31.0 Å². The Hall–Kier alpha value is -3.98. The molecule has 0 bridgehead atoms. The number of amides is 2. The molecule has 37 heavy (non-hydrogen) atoms. The summed E-state index contributed by atoms with van der Waals surface area (Å²) in [6, 6.07) is 21.3. The van der Waals surface area contributed by atoms with Crippen molar-refractivity contribution in [1.29, 1.82) is 0 Å². The van der Waals surface area contributed by atoms with Gasteiger partial charge in [0.15, 0.2) is 5.17 Å². The molecular weight excluding hydrogens is 491 g/mol. The number of nitrogens with zero attached hydrogens (tertiary/aromatic N) is 3. The molecule has 0 saturated heterocycles. The van der Waals surface area contributed by atoms with Gasteiger partial charge in [0.1, 0.15) is 16.8 Å². The molecule has 1 N–H and O–H groups in total. The van der Waals surface area contributed by atoms with Crippen molar-refractivity contribution in [3.63, 3.8) is 0 Å². The van der Waals surface area contributed by atoms with E-state index in [4.69, 9.17) is 9.84 Å². The molecule has 0 spiro atoms. The summed E-state index contributed by atoms with van der Waals surface area (Å²) in [6.45, 7) is 2.02. The minimum Gasteiger partial charge on any atom is -0.495 e. The number of rotatable bonds is 6. The topological polar surface area (TPSA) is 83.4 Å². The van der Waals surface area contributed by atoms with Crippen LogP contribution in [-0.2, 0) is 9.59 Å². The first kappa shape index (κ1) is 24.7. The second-order valence-electron chi connectivity index (χ2n) is 8.82. The van der Waals surface area contributed by atoms with Crippen LogP contribution in [-0.4, -0.2) is 40.1 Å². The van der Waals surface area contributed by atoms with Gasteiger partial charge >= 0.3 is 0 Å². The Bertz CT molecular complexity index is 1390. The SMILES string of the molecule is COc1ccccc1NC(=O)C[C@H]1SC(N2N=C(c3ccc(F)cc3)C[C@H]2c2ccc(C)cc2)=NC1=O. The zero-order valence-corrected chi connectivity index (χ0v) is 21.2. The minimum absolute atomic E-state index is 0.0356. The van der Waals surface area contributed by atoms with Gasteiger partial charge in [-0.3, -0.25) is 9.59 Å². The summed E-state index contributed by atoms with van der Waals surface area (Å²) in [5, 5.41) is 9.15. The first-order chi connectivity index (χ1) is 17.9. The first-order valence-electron chi connectivity index (χ1n) is 11.8. The number of carbonyl (C=O) groups is 2. The van der Waals surface area contributed by atoms with Crippen LogP contribution in [0.1, 0.15) is 35.6 Å². The van der Waals surface area contributed by atoms with Gasteiger partial charge in [-0.2, -0.15) is 10.1 Å². The number of para-hydroxylation sites is 2. The zero-order chi connectivity index (χ0) is 25.9. The highest BCUT2D eigenvalue weighted by atomic mass is 32.2. The molecule has 0 aliphatic carbocycles. The van der Waals surface area contributed by atoms with E-state index < -0.39 is 5.25 Å². The molecule has 5 rings (SSSR count). The summed E-state index contributed by atoms with van der Waals surface area (Å²) in [5.41, 5.74) is 4.29. The number of carbonyl (C=O) groups excluding carboxylic acids is 2. The van der Waals surface area contributed by atoms with Crippen LogP contribution < -0.4 is 10.1 Å². The van der Waals surface area contributed by atoms with Gasteiger partial charge in [0.2, 0.25) is 5.91 Å². The predicted molar refractivity (Wildman–Crippen MR) is 143 cm³/mol. The Labute approximate surface area is 218 Å². The Morgan fingerprint density at radius 2 is 1.84 bits per heavy atom. The van der Waals surface area contributed by atoms with Crippen LogP contribution in [0.25, 0.3) is 0 Å². The third-order valence-corrected chi connectivity index (χ3v) is 7.37. The number of aliphatic imine (C=N–C) groups is 1. The second kappa shape index (κ2) is 10.6. The van der Waals surface area contributed by atoms with Gasteiger partial charge in [-0.1, -0.05) is 65.9 Å². The van der Waals surface area contributed by atoms with E-state index in [-0.39, 0.29) is 30.1 Å². The van der Waals surface area contributed by atoms with Gasteiger partial charge in [-0.25, -0.2) is 9.40 Å². The van der Waals surface area contributed by atoms with Gasteiger partial charge < -0.3 is 10.1 Å². The van der Waals surface area contributed by atoms with Crippen LogP contribution in [0, 0.1) is 12.7 Å². The van der Waals surface area contributed by atoms with Crippen molar-refractivity contribution in [3.05, 3.63) is 95.3 Å². The normalized spacial score (nSPS) is 19.0. The summed E-state index contributed by atoms with van der Waals surface area (Å²) >= 11 is 1.23. The van der Waals surface area contributed by atoms with Crippen LogP contribution in [0.4, 0.5) is 10.1 Å². The van der Waals surface area contributed by atoms with Crippen LogP contribution in [0.5, 0.6) is 5.75 Å². The number of halogens is 1. The summed E-state index contributed by atoms with van der Waals surface area (Å²) in [4.78, 5) is 29.8. The highest BCUT2D eigenvalue weighted by Crippen LogP contribution is 2.39. The summed E-state index contributed by atoms with van der Waals surface area (Å²) in [5.74, 6) is -0.453. The van der Waals surface area contributed by atoms with Crippen molar-refractivity contribution in [2.45, 2.75) is 31.1 Å². The van der Waals surface area contributed by atoms with Crippen LogP contribution in [0.3, 0.4) is 0 Å². The smallest absolute Gasteiger partial charge is 0.262 e. The number of hydrazone groups is 1. The molecule has 0 unspecified atom stereocenters. The first-order valence-corrected chi connectivity index (χ1v) is 12.7. The van der Waals surface area contributed by atoms with E-state index in [2.05, 4.69) is 10.3 Å². The lowest BCUT2D eigenvalue weighted by molar-refractivity contribution is -0.121. The molecule has 3 aromatic carbocycles. The molecule has 2 amide bonds. The van der Waals surface area contributed by atoms with Crippen molar-refractivity contribution >= 4 is 40.1 Å². The molecule has 0 aromatic heterocycles. The maximum atomic E-state index is 13.5. The molecule has 2 aliphatic heterocycles. The number of amidine groups is 1. The van der Waals surface area contributed by atoms with Crippen molar-refractivity contribution < 1.29 is 18.7 Å². The number of thioether (sulfide) groups is 1. The monoisotopic (exact) mass is 516 g/mol. The van der Waals surface area contributed by atoms with Gasteiger partial charge in [0.05, 0.1) is 24.6 Å². The molecule has 0 saturated carbocycles. The molecule has 9 heteroatoms. The highest BCUT2D eigenvalue weighted by Gasteiger charge is 2.39. The van der Waals surface area contributed by atoms with Crippen molar-refractivity contribution in [3.8, 4) is 5.75 Å². The molecular formula is C28H25FN4O3S. The van der Waals surface area contributed by atoms with E-state index >= 15 is 0 Å². The van der Waals surface area contributed by atoms with Crippen molar-refractivity contribution in [2.75, 3.05) is 12.4 Å². The van der Waals surface area contributed by atoms with Gasteiger partial charge in [0.25, 0.3) is 5.91 Å². The van der Waals surface area contributed by atoms with Gasteiger partial charge in [-0.15, -0.1) is 0 Å². The zero-order valence-electron chi connectivity index (χ0n) is 20.3. The fourth-order valence-electron chi connectivity index (χ4n) is 4.27. The molecule has 188 valence electrons. The average molecular weight is 517 g/mol. The summed E-state index contributed by atoms with van der Waals surface area (Å²) < 4.78 is 18.8. The lowest BCUT2D eigenvalue weighted by Crippen LogP contribution is -2.25. The van der Waals surface area contributed by atoms with E-state index in [1.54, 1.807) is 35.3 Å². The average Bonchev–Trinajstić information content (AvgIpc) is 3.49. The molecule has 0 fully saturated rings. The fourth-order valence-corrected chi connectivity index (χ4v) is 5.34. The number of hydrogen-bond acceptors (Lipinski definition) is 6. The van der Waals surface area contributed by atoms with Crippen LogP contribution >= 0.6 is 11.8 Å². The van der Waals surface area contributed by atoms with Crippen molar-refractivity contribution in [1.82, 2.24) is 5.01 Å². The molecule has 2 aliphatic rings. The number of benzene rings is 3. The number of nitrogens with one attached hydrogen (secondary N) is 1. The summed E-state index contributed by atoms with van der Waals surface area (Å²) in [7, 11) is 1.53. The third-order valence-electron chi connectivity index (χ3n) is 6.23. The van der Waals surface area contributed by atoms with Crippen LogP contribution in [0.2, 0.25) is 0 Å². The summed E-state index contributed by atoms with van der Waals surface area (Å²) in [6.07, 6.45) is 0.535. The van der Waals surface area contributed by atoms with E-state index in [1.807, 2.05) is 37.3 Å². The van der Waals surface area contributed by atoms with Crippen LogP contribution in [0.15, 0.2) is 82.9 Å². The quantitative estimate of drug-likeness (QED) is 0.480. The Kier molecular flexibility index (Phi) is 7.05. The van der Waals surface area contributed by atoms with Gasteiger partial charge in [0, 0.05) is 12.8 Å². The molecule has 2 atom stereocenters. The number of hydrogen-bond donors (Lipinski definition) is 1.